The first-order valence-electron chi connectivity index (χ1n) is 5.57. The molecule has 1 N–H and O–H groups in total. The van der Waals surface area contributed by atoms with Crippen molar-refractivity contribution in [2.24, 2.45) is 0 Å². The van der Waals surface area contributed by atoms with Crippen molar-refractivity contribution >= 4 is 34.8 Å². The minimum Gasteiger partial charge on any atom is -0.492 e. The summed E-state index contributed by atoms with van der Waals surface area (Å²) in [7, 11) is 0. The highest BCUT2D eigenvalue weighted by Gasteiger charge is 2.23. The Bertz CT molecular complexity index is 460. The molecule has 2 rings (SSSR count). The van der Waals surface area contributed by atoms with Crippen LogP contribution >= 0.6 is 23.2 Å². The number of halogens is 2. The normalized spacial score (nSPS) is 14.2. The zero-order valence-corrected chi connectivity index (χ0v) is 11.0. The number of amides is 1. The molecule has 0 bridgehead atoms. The van der Waals surface area contributed by atoms with Crippen LogP contribution in [-0.4, -0.2) is 12.5 Å². The predicted molar refractivity (Wildman–Crippen MR) is 69.2 cm³/mol. The van der Waals surface area contributed by atoms with Gasteiger partial charge in [-0.1, -0.05) is 30.1 Å². The first-order chi connectivity index (χ1) is 8.13. The largest absolute Gasteiger partial charge is 0.492 e. The molecule has 0 aliphatic carbocycles. The molecule has 1 heterocycles. The van der Waals surface area contributed by atoms with E-state index in [-0.39, 0.29) is 5.91 Å². The van der Waals surface area contributed by atoms with Crippen molar-refractivity contribution in [3.8, 4) is 5.75 Å². The average Bonchev–Trinajstić information content (AvgIpc) is 2.29. The summed E-state index contributed by atoms with van der Waals surface area (Å²) in [5.74, 6) is 0.621. The topological polar surface area (TPSA) is 38.3 Å². The van der Waals surface area contributed by atoms with E-state index < -0.39 is 0 Å². The van der Waals surface area contributed by atoms with Crippen LogP contribution in [0.2, 0.25) is 10.0 Å². The van der Waals surface area contributed by atoms with E-state index in [9.17, 15) is 4.79 Å². The van der Waals surface area contributed by atoms with Crippen molar-refractivity contribution in [1.82, 2.24) is 0 Å². The van der Waals surface area contributed by atoms with Crippen molar-refractivity contribution < 1.29 is 9.53 Å². The highest BCUT2D eigenvalue weighted by Crippen LogP contribution is 2.42. The third kappa shape index (κ3) is 2.50. The van der Waals surface area contributed by atoms with Gasteiger partial charge in [0.15, 0.2) is 0 Å². The molecule has 5 heteroatoms. The van der Waals surface area contributed by atoms with Crippen molar-refractivity contribution in [1.29, 1.82) is 0 Å². The molecule has 17 heavy (non-hydrogen) atoms. The van der Waals surface area contributed by atoms with E-state index in [0.29, 0.717) is 40.9 Å². The van der Waals surface area contributed by atoms with Gasteiger partial charge in [-0.2, -0.15) is 0 Å². The Morgan fingerprint density at radius 2 is 2.12 bits per heavy atom. The third-order valence-corrected chi connectivity index (χ3v) is 3.18. The maximum Gasteiger partial charge on any atom is 0.224 e. The number of carbonyl (C=O) groups is 1. The number of carbonyl (C=O) groups excluding carboxylic acids is 1. The first-order valence-corrected chi connectivity index (χ1v) is 6.32. The van der Waals surface area contributed by atoms with E-state index >= 15 is 0 Å². The van der Waals surface area contributed by atoms with Gasteiger partial charge in [-0.25, -0.2) is 0 Å². The highest BCUT2D eigenvalue weighted by molar-refractivity contribution is 6.38. The van der Waals surface area contributed by atoms with Gasteiger partial charge in [0.05, 0.1) is 22.3 Å². The van der Waals surface area contributed by atoms with Gasteiger partial charge >= 0.3 is 0 Å². The van der Waals surface area contributed by atoms with Crippen LogP contribution in [0.15, 0.2) is 6.07 Å². The summed E-state index contributed by atoms with van der Waals surface area (Å²) in [6.07, 6.45) is 1.95. The van der Waals surface area contributed by atoms with E-state index in [1.54, 1.807) is 6.07 Å². The smallest absolute Gasteiger partial charge is 0.224 e. The predicted octanol–water partition coefficient (Wildman–Crippen LogP) is 3.67. The van der Waals surface area contributed by atoms with Crippen LogP contribution in [0, 0.1) is 0 Å². The van der Waals surface area contributed by atoms with Crippen molar-refractivity contribution in [2.75, 3.05) is 11.9 Å². The Morgan fingerprint density at radius 3 is 2.82 bits per heavy atom. The SMILES string of the molecule is CCCOc1c(Cl)cc(Cl)c2c1CCC(=O)N2. The second-order valence-corrected chi connectivity index (χ2v) is 4.73. The van der Waals surface area contributed by atoms with Crippen molar-refractivity contribution in [2.45, 2.75) is 26.2 Å². The quantitative estimate of drug-likeness (QED) is 0.913. The Hall–Kier alpha value is -0.930. The van der Waals surface area contributed by atoms with Gasteiger partial charge in [0, 0.05) is 12.0 Å². The van der Waals surface area contributed by atoms with Gasteiger partial charge in [-0.05, 0) is 18.9 Å². The molecule has 0 atom stereocenters. The fraction of sp³-hybridized carbons (Fsp3) is 0.417. The maximum atomic E-state index is 11.3. The molecule has 1 aliphatic rings. The number of rotatable bonds is 3. The standard InChI is InChI=1S/C12H13Cl2NO2/c1-2-5-17-12-7-3-4-10(16)15-11(7)8(13)6-9(12)14/h6H,2-5H2,1H3,(H,15,16). The fourth-order valence-corrected chi connectivity index (χ4v) is 2.43. The summed E-state index contributed by atoms with van der Waals surface area (Å²) in [5, 5.41) is 3.72. The molecule has 1 aliphatic heterocycles. The maximum absolute atomic E-state index is 11.3. The number of ether oxygens (including phenoxy) is 1. The number of benzene rings is 1. The van der Waals surface area contributed by atoms with E-state index in [4.69, 9.17) is 27.9 Å². The second kappa shape index (κ2) is 5.15. The molecule has 1 aromatic carbocycles. The number of nitrogens with one attached hydrogen (secondary N) is 1. The molecular formula is C12H13Cl2NO2. The number of hydrogen-bond acceptors (Lipinski definition) is 2. The lowest BCUT2D eigenvalue weighted by molar-refractivity contribution is -0.116. The van der Waals surface area contributed by atoms with Crippen molar-refractivity contribution in [3.63, 3.8) is 0 Å². The monoisotopic (exact) mass is 273 g/mol. The van der Waals surface area contributed by atoms with E-state index in [0.717, 1.165) is 12.0 Å². The minimum absolute atomic E-state index is 0.0248. The lowest BCUT2D eigenvalue weighted by Gasteiger charge is -2.22. The van der Waals surface area contributed by atoms with E-state index in [1.807, 2.05) is 6.92 Å². The van der Waals surface area contributed by atoms with Gasteiger partial charge in [0.1, 0.15) is 5.75 Å². The molecule has 0 spiro atoms. The Labute approximate surface area is 110 Å². The first kappa shape index (κ1) is 12.5. The summed E-state index contributed by atoms with van der Waals surface area (Å²) in [5.41, 5.74) is 1.54. The minimum atomic E-state index is -0.0248. The Kier molecular flexibility index (Phi) is 3.79. The molecule has 1 aromatic rings. The summed E-state index contributed by atoms with van der Waals surface area (Å²) < 4.78 is 5.63. The summed E-state index contributed by atoms with van der Waals surface area (Å²) >= 11 is 12.2. The molecule has 0 unspecified atom stereocenters. The molecule has 1 amide bonds. The molecule has 0 aromatic heterocycles. The van der Waals surface area contributed by atoms with Gasteiger partial charge < -0.3 is 10.1 Å². The number of anilines is 1. The molecule has 0 fully saturated rings. The van der Waals surface area contributed by atoms with Gasteiger partial charge in [0.2, 0.25) is 5.91 Å². The third-order valence-electron chi connectivity index (χ3n) is 2.60. The van der Waals surface area contributed by atoms with E-state index in [1.165, 1.54) is 0 Å². The van der Waals surface area contributed by atoms with Crippen LogP contribution in [0.5, 0.6) is 5.75 Å². The zero-order valence-electron chi connectivity index (χ0n) is 9.48. The van der Waals surface area contributed by atoms with Crippen LogP contribution in [0.25, 0.3) is 0 Å². The number of fused-ring (bicyclic) bond motifs is 1. The van der Waals surface area contributed by atoms with Crippen LogP contribution in [0.4, 0.5) is 5.69 Å². The molecule has 92 valence electrons. The van der Waals surface area contributed by atoms with Crippen LogP contribution in [-0.2, 0) is 11.2 Å². The average molecular weight is 274 g/mol. The zero-order chi connectivity index (χ0) is 12.4. The highest BCUT2D eigenvalue weighted by atomic mass is 35.5. The van der Waals surface area contributed by atoms with Crippen LogP contribution in [0.3, 0.4) is 0 Å². The lowest BCUT2D eigenvalue weighted by atomic mass is 10.0. The molecule has 0 radical (unpaired) electrons. The molecule has 0 saturated carbocycles. The van der Waals surface area contributed by atoms with E-state index in [2.05, 4.69) is 5.32 Å². The Morgan fingerprint density at radius 1 is 1.35 bits per heavy atom. The molecule has 3 nitrogen and oxygen atoms in total. The van der Waals surface area contributed by atoms with Crippen LogP contribution < -0.4 is 10.1 Å². The van der Waals surface area contributed by atoms with Crippen molar-refractivity contribution in [3.05, 3.63) is 21.7 Å². The van der Waals surface area contributed by atoms with Gasteiger partial charge in [0.25, 0.3) is 0 Å². The number of hydrogen-bond donors (Lipinski definition) is 1. The van der Waals surface area contributed by atoms with Gasteiger partial charge in [-0.15, -0.1) is 0 Å². The second-order valence-electron chi connectivity index (χ2n) is 3.92. The molecular weight excluding hydrogens is 261 g/mol. The Balaban J connectivity index is 2.45. The summed E-state index contributed by atoms with van der Waals surface area (Å²) in [4.78, 5) is 11.3. The summed E-state index contributed by atoms with van der Waals surface area (Å²) in [6, 6.07) is 1.61. The summed E-state index contributed by atoms with van der Waals surface area (Å²) in [6.45, 7) is 2.62. The lowest BCUT2D eigenvalue weighted by Crippen LogP contribution is -2.20. The molecule has 0 saturated heterocycles. The fourth-order valence-electron chi connectivity index (χ4n) is 1.83. The van der Waals surface area contributed by atoms with Gasteiger partial charge in [-0.3, -0.25) is 4.79 Å². The van der Waals surface area contributed by atoms with Crippen LogP contribution in [0.1, 0.15) is 25.3 Å².